The molecule has 132 valence electrons. The van der Waals surface area contributed by atoms with Gasteiger partial charge in [0.25, 0.3) is 5.91 Å². The molecule has 0 spiro atoms. The zero-order chi connectivity index (χ0) is 18.7. The maximum atomic E-state index is 12.2. The van der Waals surface area contributed by atoms with E-state index in [0.29, 0.717) is 5.56 Å². The molecule has 0 fully saturated rings. The largest absolute Gasteiger partial charge is 0.318 e. The molecule has 3 rings (SSSR count). The third kappa shape index (κ3) is 4.24. The highest BCUT2D eigenvalue weighted by Crippen LogP contribution is 2.21. The Hall–Kier alpha value is -1.93. The van der Waals surface area contributed by atoms with Gasteiger partial charge in [0.15, 0.2) is 0 Å². The standard InChI is InChI=1S/C20H17BrIN3O/c1-13-10-16(14(2)25(13)19-8-6-17(21)7-9-19)12-23-24-20(26)15-4-3-5-18(22)11-15/h3-12H,1-2H3,(H,24,26)/b23-12-. The van der Waals surface area contributed by atoms with Crippen molar-refractivity contribution in [2.24, 2.45) is 5.10 Å². The van der Waals surface area contributed by atoms with Crippen molar-refractivity contribution in [2.75, 3.05) is 0 Å². The van der Waals surface area contributed by atoms with Crippen LogP contribution in [0, 0.1) is 17.4 Å². The lowest BCUT2D eigenvalue weighted by molar-refractivity contribution is 0.0955. The molecule has 2 aromatic carbocycles. The number of aromatic nitrogens is 1. The normalized spacial score (nSPS) is 11.1. The monoisotopic (exact) mass is 521 g/mol. The number of hydrogen-bond acceptors (Lipinski definition) is 2. The molecule has 1 amide bonds. The van der Waals surface area contributed by atoms with Crippen molar-refractivity contribution in [1.82, 2.24) is 9.99 Å². The van der Waals surface area contributed by atoms with Gasteiger partial charge in [-0.05, 0) is 85.0 Å². The molecule has 0 aliphatic rings. The number of carbonyl (C=O) groups is 1. The van der Waals surface area contributed by atoms with Crippen molar-refractivity contribution in [1.29, 1.82) is 0 Å². The summed E-state index contributed by atoms with van der Waals surface area (Å²) in [5.74, 6) is -0.221. The van der Waals surface area contributed by atoms with Gasteiger partial charge in [-0.25, -0.2) is 5.43 Å². The third-order valence-corrected chi connectivity index (χ3v) is 5.21. The average molecular weight is 522 g/mol. The molecule has 4 nitrogen and oxygen atoms in total. The molecule has 1 aromatic heterocycles. The topological polar surface area (TPSA) is 46.4 Å². The Morgan fingerprint density at radius 1 is 1.15 bits per heavy atom. The molecule has 0 saturated carbocycles. The summed E-state index contributed by atoms with van der Waals surface area (Å²) in [5.41, 5.74) is 7.41. The first-order valence-electron chi connectivity index (χ1n) is 7.99. The molecule has 26 heavy (non-hydrogen) atoms. The van der Waals surface area contributed by atoms with E-state index in [4.69, 9.17) is 0 Å². The van der Waals surface area contributed by atoms with Crippen LogP contribution >= 0.6 is 38.5 Å². The Morgan fingerprint density at radius 2 is 1.88 bits per heavy atom. The Balaban J connectivity index is 1.78. The van der Waals surface area contributed by atoms with Crippen molar-refractivity contribution < 1.29 is 4.79 Å². The number of aryl methyl sites for hydroxylation is 1. The van der Waals surface area contributed by atoms with Crippen LogP contribution in [0.2, 0.25) is 0 Å². The summed E-state index contributed by atoms with van der Waals surface area (Å²) in [6.45, 7) is 4.09. The zero-order valence-electron chi connectivity index (χ0n) is 14.3. The van der Waals surface area contributed by atoms with E-state index in [9.17, 15) is 4.79 Å². The molecule has 0 aliphatic carbocycles. The fraction of sp³-hybridized carbons (Fsp3) is 0.100. The van der Waals surface area contributed by atoms with E-state index in [2.05, 4.69) is 78.7 Å². The Bertz CT molecular complexity index is 977. The van der Waals surface area contributed by atoms with Crippen LogP contribution in [-0.4, -0.2) is 16.7 Å². The first-order chi connectivity index (χ1) is 12.5. The highest BCUT2D eigenvalue weighted by molar-refractivity contribution is 14.1. The predicted octanol–water partition coefficient (Wildman–Crippen LogP) is 5.23. The lowest BCUT2D eigenvalue weighted by Gasteiger charge is -2.09. The minimum Gasteiger partial charge on any atom is -0.318 e. The van der Waals surface area contributed by atoms with Gasteiger partial charge in [0.1, 0.15) is 0 Å². The quantitative estimate of drug-likeness (QED) is 0.285. The molecule has 6 heteroatoms. The first kappa shape index (κ1) is 18.8. The summed E-state index contributed by atoms with van der Waals surface area (Å²) in [5, 5.41) is 4.12. The van der Waals surface area contributed by atoms with E-state index in [1.165, 1.54) is 0 Å². The lowest BCUT2D eigenvalue weighted by atomic mass is 10.2. The number of halogens is 2. The molecule has 0 bridgehead atoms. The van der Waals surface area contributed by atoms with Crippen LogP contribution in [0.3, 0.4) is 0 Å². The van der Waals surface area contributed by atoms with Gasteiger partial charge in [-0.1, -0.05) is 22.0 Å². The van der Waals surface area contributed by atoms with Gasteiger partial charge in [-0.3, -0.25) is 4.79 Å². The van der Waals surface area contributed by atoms with Crippen LogP contribution in [0.5, 0.6) is 0 Å². The fourth-order valence-electron chi connectivity index (χ4n) is 2.76. The van der Waals surface area contributed by atoms with Crippen LogP contribution in [0.1, 0.15) is 27.3 Å². The second-order valence-electron chi connectivity index (χ2n) is 5.85. The SMILES string of the molecule is Cc1cc(/C=N\NC(=O)c2cccc(I)c2)c(C)n1-c1ccc(Br)cc1. The fourth-order valence-corrected chi connectivity index (χ4v) is 3.57. The van der Waals surface area contributed by atoms with Gasteiger partial charge in [0.2, 0.25) is 0 Å². The molecule has 0 unspecified atom stereocenters. The van der Waals surface area contributed by atoms with Crippen LogP contribution in [-0.2, 0) is 0 Å². The number of hydrogen-bond donors (Lipinski definition) is 1. The van der Waals surface area contributed by atoms with Gasteiger partial charge in [-0.2, -0.15) is 5.10 Å². The second kappa shape index (κ2) is 8.18. The van der Waals surface area contributed by atoms with E-state index < -0.39 is 0 Å². The van der Waals surface area contributed by atoms with Gasteiger partial charge >= 0.3 is 0 Å². The molecule has 1 heterocycles. The highest BCUT2D eigenvalue weighted by atomic mass is 127. The Labute approximate surface area is 174 Å². The first-order valence-corrected chi connectivity index (χ1v) is 9.87. The van der Waals surface area contributed by atoms with Crippen molar-refractivity contribution in [2.45, 2.75) is 13.8 Å². The molecule has 3 aromatic rings. The van der Waals surface area contributed by atoms with Gasteiger partial charge in [-0.15, -0.1) is 0 Å². The molecule has 0 saturated heterocycles. The number of amides is 1. The van der Waals surface area contributed by atoms with Gasteiger partial charge in [0, 0.05) is 36.2 Å². The van der Waals surface area contributed by atoms with Crippen molar-refractivity contribution in [3.8, 4) is 5.69 Å². The Morgan fingerprint density at radius 3 is 2.58 bits per heavy atom. The number of nitrogens with zero attached hydrogens (tertiary/aromatic N) is 2. The number of benzene rings is 2. The van der Waals surface area contributed by atoms with E-state index in [-0.39, 0.29) is 5.91 Å². The van der Waals surface area contributed by atoms with Crippen molar-refractivity contribution >= 4 is 50.6 Å². The van der Waals surface area contributed by atoms with Crippen LogP contribution < -0.4 is 5.43 Å². The molecule has 0 atom stereocenters. The minimum absolute atomic E-state index is 0.221. The van der Waals surface area contributed by atoms with E-state index >= 15 is 0 Å². The molecule has 1 N–H and O–H groups in total. The van der Waals surface area contributed by atoms with Crippen LogP contribution in [0.4, 0.5) is 0 Å². The smallest absolute Gasteiger partial charge is 0.271 e. The molecular formula is C20H17BrIN3O. The molecule has 0 radical (unpaired) electrons. The summed E-state index contributed by atoms with van der Waals surface area (Å²) in [7, 11) is 0. The number of hydrazone groups is 1. The summed E-state index contributed by atoms with van der Waals surface area (Å²) in [6, 6.07) is 17.6. The van der Waals surface area contributed by atoms with Crippen LogP contribution in [0.25, 0.3) is 5.69 Å². The number of nitrogens with one attached hydrogen (secondary N) is 1. The maximum Gasteiger partial charge on any atom is 0.271 e. The summed E-state index contributed by atoms with van der Waals surface area (Å²) < 4.78 is 4.22. The van der Waals surface area contributed by atoms with Crippen molar-refractivity contribution in [3.05, 3.63) is 85.2 Å². The van der Waals surface area contributed by atoms with Crippen LogP contribution in [0.15, 0.2) is 64.2 Å². The molecule has 0 aliphatic heterocycles. The molecular weight excluding hydrogens is 505 g/mol. The predicted molar refractivity (Wildman–Crippen MR) is 117 cm³/mol. The van der Waals surface area contributed by atoms with Gasteiger partial charge < -0.3 is 4.57 Å². The van der Waals surface area contributed by atoms with Gasteiger partial charge in [0.05, 0.1) is 6.21 Å². The van der Waals surface area contributed by atoms with E-state index in [0.717, 1.165) is 30.7 Å². The minimum atomic E-state index is -0.221. The highest BCUT2D eigenvalue weighted by Gasteiger charge is 2.10. The second-order valence-corrected chi connectivity index (χ2v) is 8.01. The van der Waals surface area contributed by atoms with E-state index in [1.54, 1.807) is 12.3 Å². The van der Waals surface area contributed by atoms with Crippen molar-refractivity contribution in [3.63, 3.8) is 0 Å². The summed E-state index contributed by atoms with van der Waals surface area (Å²) >= 11 is 5.64. The Kier molecular flexibility index (Phi) is 5.93. The number of rotatable bonds is 4. The lowest BCUT2D eigenvalue weighted by Crippen LogP contribution is -2.17. The average Bonchev–Trinajstić information content (AvgIpc) is 2.89. The summed E-state index contributed by atoms with van der Waals surface area (Å²) in [6.07, 6.45) is 1.68. The van der Waals surface area contributed by atoms with E-state index in [1.807, 2.05) is 37.3 Å². The summed E-state index contributed by atoms with van der Waals surface area (Å²) in [4.78, 5) is 12.2. The third-order valence-electron chi connectivity index (χ3n) is 4.01. The maximum absolute atomic E-state index is 12.2. The zero-order valence-corrected chi connectivity index (χ0v) is 18.1. The number of carbonyl (C=O) groups excluding carboxylic acids is 1.